The minimum absolute atomic E-state index is 0.223. The molecule has 0 radical (unpaired) electrons. The molecular formula is C9H18FNO. The normalized spacial score (nSPS) is 22.0. The van der Waals surface area contributed by atoms with Crippen LogP contribution in [0, 0.1) is 5.41 Å². The van der Waals surface area contributed by atoms with Crippen LogP contribution in [0.15, 0.2) is 0 Å². The van der Waals surface area contributed by atoms with Crippen LogP contribution in [0.4, 0.5) is 4.39 Å². The molecule has 0 atom stereocenters. The molecule has 3 heteroatoms. The average molecular weight is 175 g/mol. The Kier molecular flexibility index (Phi) is 2.74. The Morgan fingerprint density at radius 2 is 2.00 bits per heavy atom. The maximum absolute atomic E-state index is 13.3. The van der Waals surface area contributed by atoms with Gasteiger partial charge in [-0.2, -0.15) is 0 Å². The molecule has 0 aliphatic carbocycles. The summed E-state index contributed by atoms with van der Waals surface area (Å²) >= 11 is 0. The molecule has 0 bridgehead atoms. The molecule has 1 N–H and O–H groups in total. The molecule has 12 heavy (non-hydrogen) atoms. The number of alkyl halides is 1. The maximum atomic E-state index is 13.3. The summed E-state index contributed by atoms with van der Waals surface area (Å²) in [5.74, 6) is 0. The van der Waals surface area contributed by atoms with Crippen molar-refractivity contribution in [2.45, 2.75) is 26.4 Å². The first-order valence-electron chi connectivity index (χ1n) is 4.39. The fourth-order valence-electron chi connectivity index (χ4n) is 1.09. The van der Waals surface area contributed by atoms with Gasteiger partial charge in [-0.15, -0.1) is 0 Å². The minimum Gasteiger partial charge on any atom is -0.375 e. The van der Waals surface area contributed by atoms with Crippen molar-refractivity contribution in [3.63, 3.8) is 0 Å². The number of ether oxygens (including phenoxy) is 1. The molecule has 0 amide bonds. The molecule has 0 aromatic heterocycles. The Labute approximate surface area is 73.5 Å². The van der Waals surface area contributed by atoms with E-state index in [0.717, 1.165) is 6.54 Å². The Morgan fingerprint density at radius 1 is 1.42 bits per heavy atom. The zero-order chi connectivity index (χ0) is 9.24. The fourth-order valence-corrected chi connectivity index (χ4v) is 1.09. The molecule has 0 saturated carbocycles. The Hall–Kier alpha value is -0.150. The van der Waals surface area contributed by atoms with Crippen molar-refractivity contribution in [1.29, 1.82) is 0 Å². The summed E-state index contributed by atoms with van der Waals surface area (Å²) in [5.41, 5.74) is -0.869. The Balaban J connectivity index is 2.10. The van der Waals surface area contributed by atoms with Gasteiger partial charge in [0.1, 0.15) is 0 Å². The van der Waals surface area contributed by atoms with Gasteiger partial charge in [0.15, 0.2) is 5.67 Å². The van der Waals surface area contributed by atoms with E-state index in [1.165, 1.54) is 0 Å². The van der Waals surface area contributed by atoms with Crippen LogP contribution in [-0.2, 0) is 4.74 Å². The van der Waals surface area contributed by atoms with Crippen LogP contribution in [0.2, 0.25) is 0 Å². The monoisotopic (exact) mass is 175 g/mol. The predicted octanol–water partition coefficient (Wildman–Crippen LogP) is 1.36. The second kappa shape index (κ2) is 3.30. The zero-order valence-corrected chi connectivity index (χ0v) is 8.11. The number of rotatable bonds is 3. The highest BCUT2D eigenvalue weighted by atomic mass is 19.1. The number of halogens is 1. The number of nitrogens with one attached hydrogen (secondary N) is 1. The molecule has 1 rings (SSSR count). The summed E-state index contributed by atoms with van der Waals surface area (Å²) in [5, 5.41) is 3.11. The molecule has 0 spiro atoms. The molecule has 2 nitrogen and oxygen atoms in total. The second-order valence-corrected chi connectivity index (χ2v) is 4.81. The van der Waals surface area contributed by atoms with Crippen LogP contribution in [0.5, 0.6) is 0 Å². The van der Waals surface area contributed by atoms with E-state index in [1.807, 2.05) is 0 Å². The molecule has 1 aliphatic heterocycles. The quantitative estimate of drug-likeness (QED) is 0.699. The van der Waals surface area contributed by atoms with E-state index in [1.54, 1.807) is 0 Å². The van der Waals surface area contributed by atoms with Crippen molar-refractivity contribution < 1.29 is 9.13 Å². The van der Waals surface area contributed by atoms with Gasteiger partial charge in [0.2, 0.25) is 0 Å². The lowest BCUT2D eigenvalue weighted by molar-refractivity contribution is -0.127. The molecule has 1 saturated heterocycles. The summed E-state index contributed by atoms with van der Waals surface area (Å²) in [7, 11) is 0. The van der Waals surface area contributed by atoms with Gasteiger partial charge in [-0.05, 0) is 5.41 Å². The van der Waals surface area contributed by atoms with Gasteiger partial charge in [-0.25, -0.2) is 4.39 Å². The largest absolute Gasteiger partial charge is 0.375 e. The van der Waals surface area contributed by atoms with Gasteiger partial charge in [0.25, 0.3) is 0 Å². The first kappa shape index (κ1) is 9.93. The van der Waals surface area contributed by atoms with Gasteiger partial charge >= 0.3 is 0 Å². The SMILES string of the molecule is CC(C)(C)CNCC1(F)COC1. The molecule has 72 valence electrons. The lowest BCUT2D eigenvalue weighted by atomic mass is 9.96. The molecule has 1 heterocycles. The summed E-state index contributed by atoms with van der Waals surface area (Å²) < 4.78 is 18.1. The summed E-state index contributed by atoms with van der Waals surface area (Å²) in [6.45, 7) is 8.16. The smallest absolute Gasteiger partial charge is 0.169 e. The van der Waals surface area contributed by atoms with Crippen molar-refractivity contribution in [1.82, 2.24) is 5.32 Å². The van der Waals surface area contributed by atoms with Gasteiger partial charge in [-0.3, -0.25) is 0 Å². The summed E-state index contributed by atoms with van der Waals surface area (Å²) in [6, 6.07) is 0. The predicted molar refractivity (Wildman–Crippen MR) is 47.0 cm³/mol. The molecule has 1 fully saturated rings. The number of hydrogen-bond donors (Lipinski definition) is 1. The highest BCUT2D eigenvalue weighted by molar-refractivity contribution is 4.88. The minimum atomic E-state index is -1.09. The lowest BCUT2D eigenvalue weighted by Crippen LogP contribution is -2.53. The highest BCUT2D eigenvalue weighted by Gasteiger charge is 2.38. The third kappa shape index (κ3) is 3.07. The van der Waals surface area contributed by atoms with Crippen LogP contribution >= 0.6 is 0 Å². The Morgan fingerprint density at radius 3 is 2.33 bits per heavy atom. The third-order valence-electron chi connectivity index (χ3n) is 1.82. The first-order valence-corrected chi connectivity index (χ1v) is 4.39. The van der Waals surface area contributed by atoms with Gasteiger partial charge in [0, 0.05) is 13.1 Å². The van der Waals surface area contributed by atoms with E-state index < -0.39 is 5.67 Å². The summed E-state index contributed by atoms with van der Waals surface area (Å²) in [6.07, 6.45) is 0. The van der Waals surface area contributed by atoms with Gasteiger partial charge < -0.3 is 10.1 Å². The van der Waals surface area contributed by atoms with Gasteiger partial charge in [-0.1, -0.05) is 20.8 Å². The van der Waals surface area contributed by atoms with Crippen LogP contribution in [0.25, 0.3) is 0 Å². The van der Waals surface area contributed by atoms with Crippen molar-refractivity contribution >= 4 is 0 Å². The maximum Gasteiger partial charge on any atom is 0.169 e. The number of hydrogen-bond acceptors (Lipinski definition) is 2. The van der Waals surface area contributed by atoms with Crippen LogP contribution < -0.4 is 5.32 Å². The zero-order valence-electron chi connectivity index (χ0n) is 8.11. The van der Waals surface area contributed by atoms with E-state index in [-0.39, 0.29) is 18.6 Å². The van der Waals surface area contributed by atoms with E-state index in [4.69, 9.17) is 4.74 Å². The first-order chi connectivity index (χ1) is 5.41. The van der Waals surface area contributed by atoms with Crippen LogP contribution in [0.3, 0.4) is 0 Å². The van der Waals surface area contributed by atoms with Crippen LogP contribution in [0.1, 0.15) is 20.8 Å². The van der Waals surface area contributed by atoms with Crippen molar-refractivity contribution in [2.75, 3.05) is 26.3 Å². The van der Waals surface area contributed by atoms with E-state index in [2.05, 4.69) is 26.1 Å². The molecule has 0 aromatic rings. The molecule has 0 unspecified atom stereocenters. The molecule has 1 aliphatic rings. The average Bonchev–Trinajstić information content (AvgIpc) is 1.81. The molecular weight excluding hydrogens is 157 g/mol. The fraction of sp³-hybridized carbons (Fsp3) is 1.00. The van der Waals surface area contributed by atoms with Gasteiger partial charge in [0.05, 0.1) is 13.2 Å². The standard InChI is InChI=1S/C9H18FNO/c1-8(2,3)4-11-5-9(10)6-12-7-9/h11H,4-7H2,1-3H3. The van der Waals surface area contributed by atoms with E-state index >= 15 is 0 Å². The van der Waals surface area contributed by atoms with Crippen molar-refractivity contribution in [3.05, 3.63) is 0 Å². The Bertz CT molecular complexity index is 149. The second-order valence-electron chi connectivity index (χ2n) is 4.81. The highest BCUT2D eigenvalue weighted by Crippen LogP contribution is 2.21. The topological polar surface area (TPSA) is 21.3 Å². The van der Waals surface area contributed by atoms with Crippen molar-refractivity contribution in [3.8, 4) is 0 Å². The lowest BCUT2D eigenvalue weighted by Gasteiger charge is -2.34. The van der Waals surface area contributed by atoms with Crippen LogP contribution in [-0.4, -0.2) is 32.0 Å². The van der Waals surface area contributed by atoms with E-state index in [9.17, 15) is 4.39 Å². The van der Waals surface area contributed by atoms with Crippen molar-refractivity contribution in [2.24, 2.45) is 5.41 Å². The summed E-state index contributed by atoms with van der Waals surface area (Å²) in [4.78, 5) is 0. The van der Waals surface area contributed by atoms with E-state index in [0.29, 0.717) is 6.54 Å². The third-order valence-corrected chi connectivity index (χ3v) is 1.82. The molecule has 0 aromatic carbocycles.